The fraction of sp³-hybridized carbons (Fsp3) is 0.385. The second-order valence-corrected chi connectivity index (χ2v) is 8.01. The van der Waals surface area contributed by atoms with Crippen LogP contribution in [0.4, 0.5) is 36.3 Å². The summed E-state index contributed by atoms with van der Waals surface area (Å²) in [4.78, 5) is 7.94. The molecular formula is C26H31F3N4O2. The number of aromatic nitrogens is 2. The van der Waals surface area contributed by atoms with E-state index in [1.165, 1.54) is 0 Å². The van der Waals surface area contributed by atoms with E-state index in [4.69, 9.17) is 9.47 Å². The molecule has 0 saturated carbocycles. The van der Waals surface area contributed by atoms with Crippen molar-refractivity contribution in [1.29, 1.82) is 0 Å². The molecule has 188 valence electrons. The Morgan fingerprint density at radius 2 is 1.29 bits per heavy atom. The normalized spacial score (nSPS) is 11.2. The average molecular weight is 489 g/mol. The van der Waals surface area contributed by atoms with Gasteiger partial charge in [0.15, 0.2) is 0 Å². The quantitative estimate of drug-likeness (QED) is 0.240. The number of rotatable bonds is 13. The van der Waals surface area contributed by atoms with Gasteiger partial charge in [-0.15, -0.1) is 0 Å². The zero-order valence-corrected chi connectivity index (χ0v) is 20.0. The van der Waals surface area contributed by atoms with Gasteiger partial charge < -0.3 is 20.1 Å². The molecule has 35 heavy (non-hydrogen) atoms. The van der Waals surface area contributed by atoms with Gasteiger partial charge in [-0.05, 0) is 61.4 Å². The highest BCUT2D eigenvalue weighted by atomic mass is 19.4. The predicted molar refractivity (Wildman–Crippen MR) is 132 cm³/mol. The summed E-state index contributed by atoms with van der Waals surface area (Å²) in [5.41, 5.74) is 0.125. The lowest BCUT2D eigenvalue weighted by atomic mass is 10.2. The number of unbranched alkanes of at least 4 members (excludes halogenated alkanes) is 3. The standard InChI is InChI=1S/C26H31F3N4O2/c1-3-5-7-17-35-22-12-8-19(9-13-22)31-24-23(26(27,28)29)18-30-25(33-24)32-20-10-14-21(15-11-20)34-16-6-4-2/h8-15,18H,3-7,16-17H2,1-2H3,(H2,30,31,32,33). The maximum atomic E-state index is 13.6. The Kier molecular flexibility index (Phi) is 9.57. The Hall–Kier alpha value is -3.49. The first-order chi connectivity index (χ1) is 16.9. The summed E-state index contributed by atoms with van der Waals surface area (Å²) >= 11 is 0. The molecule has 6 nitrogen and oxygen atoms in total. The summed E-state index contributed by atoms with van der Waals surface area (Å²) in [6, 6.07) is 13.8. The van der Waals surface area contributed by atoms with Crippen molar-refractivity contribution in [3.63, 3.8) is 0 Å². The molecule has 2 N–H and O–H groups in total. The van der Waals surface area contributed by atoms with E-state index in [1.54, 1.807) is 48.5 Å². The van der Waals surface area contributed by atoms with E-state index in [2.05, 4.69) is 34.4 Å². The van der Waals surface area contributed by atoms with Gasteiger partial charge in [0.05, 0.1) is 13.2 Å². The molecule has 0 bridgehead atoms. The van der Waals surface area contributed by atoms with Crippen LogP contribution in [0.5, 0.6) is 11.5 Å². The number of ether oxygens (including phenoxy) is 2. The fourth-order valence-electron chi connectivity index (χ4n) is 3.16. The summed E-state index contributed by atoms with van der Waals surface area (Å²) in [5, 5.41) is 5.70. The lowest BCUT2D eigenvalue weighted by Gasteiger charge is -2.15. The Labute approximate surface area is 203 Å². The van der Waals surface area contributed by atoms with E-state index in [-0.39, 0.29) is 11.8 Å². The molecule has 0 aliphatic heterocycles. The van der Waals surface area contributed by atoms with Crippen LogP contribution in [0.2, 0.25) is 0 Å². The van der Waals surface area contributed by atoms with Crippen molar-refractivity contribution >= 4 is 23.1 Å². The molecule has 1 heterocycles. The number of hydrogen-bond donors (Lipinski definition) is 2. The third kappa shape index (κ3) is 8.35. The summed E-state index contributed by atoms with van der Waals surface area (Å²) in [6.07, 6.45) is 1.30. The van der Waals surface area contributed by atoms with Crippen molar-refractivity contribution in [2.75, 3.05) is 23.8 Å². The topological polar surface area (TPSA) is 68.3 Å². The third-order valence-corrected chi connectivity index (χ3v) is 5.10. The Morgan fingerprint density at radius 3 is 1.83 bits per heavy atom. The molecule has 0 amide bonds. The zero-order valence-electron chi connectivity index (χ0n) is 20.0. The molecule has 1 aromatic heterocycles. The zero-order chi connectivity index (χ0) is 25.1. The van der Waals surface area contributed by atoms with E-state index >= 15 is 0 Å². The maximum Gasteiger partial charge on any atom is 0.421 e. The van der Waals surface area contributed by atoms with E-state index in [9.17, 15) is 13.2 Å². The highest BCUT2D eigenvalue weighted by molar-refractivity contribution is 5.63. The Balaban J connectivity index is 1.71. The van der Waals surface area contributed by atoms with Crippen LogP contribution in [0.3, 0.4) is 0 Å². The number of alkyl halides is 3. The number of anilines is 4. The van der Waals surface area contributed by atoms with Crippen LogP contribution < -0.4 is 20.1 Å². The second kappa shape index (κ2) is 12.8. The minimum atomic E-state index is -4.61. The van der Waals surface area contributed by atoms with Crippen LogP contribution in [0, 0.1) is 0 Å². The van der Waals surface area contributed by atoms with Gasteiger partial charge in [0, 0.05) is 17.6 Å². The SMILES string of the molecule is CCCCCOc1ccc(Nc2nc(Nc3ccc(OCCCC)cc3)ncc2C(F)(F)F)cc1. The van der Waals surface area contributed by atoms with Crippen molar-refractivity contribution < 1.29 is 22.6 Å². The van der Waals surface area contributed by atoms with Crippen LogP contribution in [0.1, 0.15) is 51.5 Å². The molecule has 0 unspecified atom stereocenters. The van der Waals surface area contributed by atoms with Crippen LogP contribution in [-0.2, 0) is 6.18 Å². The maximum absolute atomic E-state index is 13.6. The molecule has 2 aromatic carbocycles. The number of nitrogens with one attached hydrogen (secondary N) is 2. The van der Waals surface area contributed by atoms with Crippen LogP contribution >= 0.6 is 0 Å². The third-order valence-electron chi connectivity index (χ3n) is 5.10. The van der Waals surface area contributed by atoms with Crippen molar-refractivity contribution in [3.05, 3.63) is 60.3 Å². The molecule has 0 aliphatic rings. The molecular weight excluding hydrogens is 457 g/mol. The number of hydrogen-bond acceptors (Lipinski definition) is 6. The first-order valence-corrected chi connectivity index (χ1v) is 11.8. The summed E-state index contributed by atoms with van der Waals surface area (Å²) < 4.78 is 52.0. The summed E-state index contributed by atoms with van der Waals surface area (Å²) in [6.45, 7) is 5.43. The number of nitrogens with zero attached hydrogens (tertiary/aromatic N) is 2. The Morgan fingerprint density at radius 1 is 0.743 bits per heavy atom. The molecule has 3 aromatic rings. The van der Waals surface area contributed by atoms with E-state index < -0.39 is 11.7 Å². The van der Waals surface area contributed by atoms with Crippen LogP contribution in [0.25, 0.3) is 0 Å². The molecule has 0 aliphatic carbocycles. The molecule has 0 atom stereocenters. The Bertz CT molecular complexity index is 1040. The van der Waals surface area contributed by atoms with Crippen molar-refractivity contribution in [1.82, 2.24) is 9.97 Å². The van der Waals surface area contributed by atoms with Gasteiger partial charge in [0.1, 0.15) is 22.9 Å². The second-order valence-electron chi connectivity index (χ2n) is 8.01. The van der Waals surface area contributed by atoms with Gasteiger partial charge in [0.2, 0.25) is 5.95 Å². The van der Waals surface area contributed by atoms with Gasteiger partial charge in [0.25, 0.3) is 0 Å². The van der Waals surface area contributed by atoms with E-state index in [0.29, 0.717) is 30.3 Å². The largest absolute Gasteiger partial charge is 0.494 e. The van der Waals surface area contributed by atoms with Gasteiger partial charge in [-0.25, -0.2) is 4.98 Å². The van der Waals surface area contributed by atoms with Gasteiger partial charge >= 0.3 is 6.18 Å². The fourth-order valence-corrected chi connectivity index (χ4v) is 3.16. The average Bonchev–Trinajstić information content (AvgIpc) is 2.83. The number of benzene rings is 2. The molecule has 0 spiro atoms. The molecule has 0 fully saturated rings. The lowest BCUT2D eigenvalue weighted by molar-refractivity contribution is -0.137. The van der Waals surface area contributed by atoms with Crippen molar-refractivity contribution in [3.8, 4) is 11.5 Å². The minimum absolute atomic E-state index is 0.0380. The molecule has 0 radical (unpaired) electrons. The van der Waals surface area contributed by atoms with E-state index in [0.717, 1.165) is 44.1 Å². The van der Waals surface area contributed by atoms with Gasteiger partial charge in [-0.1, -0.05) is 33.1 Å². The van der Waals surface area contributed by atoms with Gasteiger partial charge in [-0.2, -0.15) is 18.2 Å². The highest BCUT2D eigenvalue weighted by Crippen LogP contribution is 2.35. The van der Waals surface area contributed by atoms with Crippen LogP contribution in [0.15, 0.2) is 54.7 Å². The molecule has 9 heteroatoms. The predicted octanol–water partition coefficient (Wildman–Crippen LogP) is 7.73. The highest BCUT2D eigenvalue weighted by Gasteiger charge is 2.35. The van der Waals surface area contributed by atoms with E-state index in [1.807, 2.05) is 0 Å². The minimum Gasteiger partial charge on any atom is -0.494 e. The first-order valence-electron chi connectivity index (χ1n) is 11.8. The summed E-state index contributed by atoms with van der Waals surface area (Å²) in [7, 11) is 0. The monoisotopic (exact) mass is 488 g/mol. The van der Waals surface area contributed by atoms with Crippen molar-refractivity contribution in [2.45, 2.75) is 52.1 Å². The molecule has 0 saturated heterocycles. The van der Waals surface area contributed by atoms with Crippen molar-refractivity contribution in [2.24, 2.45) is 0 Å². The molecule has 3 rings (SSSR count). The summed E-state index contributed by atoms with van der Waals surface area (Å²) in [5.74, 6) is 1.08. The lowest BCUT2D eigenvalue weighted by Crippen LogP contribution is -2.12. The smallest absolute Gasteiger partial charge is 0.421 e. The van der Waals surface area contributed by atoms with Crippen LogP contribution in [-0.4, -0.2) is 23.2 Å². The van der Waals surface area contributed by atoms with Gasteiger partial charge in [-0.3, -0.25) is 0 Å². The number of halogens is 3. The first kappa shape index (κ1) is 26.1.